The average molecular weight is 274 g/mol. The Morgan fingerprint density at radius 3 is 1.27 bits per heavy atom. The maximum atomic E-state index is 5.18. The molecule has 0 saturated carbocycles. The van der Waals surface area contributed by atoms with Crippen LogP contribution < -0.4 is 0 Å². The number of rotatable bonds is 6. The van der Waals surface area contributed by atoms with E-state index in [4.69, 9.17) is 13.6 Å². The van der Waals surface area contributed by atoms with Gasteiger partial charge >= 0.3 is 8.60 Å². The molecule has 0 atom stereocenters. The standard InChI is InChI=1S/C6H16O3P.Pd/c1-4-7-10(8-5-2)9-6-3;/h10H,4-6H2,1-3H3;/q+1;. The summed E-state index contributed by atoms with van der Waals surface area (Å²) in [6.45, 7) is 7.78. The van der Waals surface area contributed by atoms with Gasteiger partial charge in [0.2, 0.25) is 0 Å². The molecule has 0 aliphatic heterocycles. The van der Waals surface area contributed by atoms with Crippen LogP contribution in [0.1, 0.15) is 20.8 Å². The third-order valence-electron chi connectivity index (χ3n) is 0.787. The Balaban J connectivity index is 0. The van der Waals surface area contributed by atoms with E-state index in [0.29, 0.717) is 19.8 Å². The molecule has 3 nitrogen and oxygen atoms in total. The summed E-state index contributed by atoms with van der Waals surface area (Å²) in [6.07, 6.45) is 0. The van der Waals surface area contributed by atoms with E-state index in [9.17, 15) is 0 Å². The average Bonchev–Trinajstić information content (AvgIpc) is 1.90. The second-order valence-electron chi connectivity index (χ2n) is 1.55. The second-order valence-corrected chi connectivity index (χ2v) is 2.92. The number of hydrogen-bond donors (Lipinski definition) is 0. The summed E-state index contributed by atoms with van der Waals surface area (Å²) >= 11 is 0. The Morgan fingerprint density at radius 2 is 1.09 bits per heavy atom. The zero-order valence-corrected chi connectivity index (χ0v) is 9.72. The Hall–Kier alpha value is 0.972. The van der Waals surface area contributed by atoms with Gasteiger partial charge in [-0.2, -0.15) is 13.6 Å². The third-order valence-corrected chi connectivity index (χ3v) is 2.36. The molecule has 0 aromatic rings. The van der Waals surface area contributed by atoms with Crippen molar-refractivity contribution in [1.82, 2.24) is 0 Å². The smallest absolute Gasteiger partial charge is 0.180 e. The van der Waals surface area contributed by atoms with Gasteiger partial charge in [-0.15, -0.1) is 0 Å². The predicted octanol–water partition coefficient (Wildman–Crippen LogP) is 2.05. The fourth-order valence-electron chi connectivity index (χ4n) is 0.479. The van der Waals surface area contributed by atoms with Crippen LogP contribution >= 0.6 is 8.60 Å². The van der Waals surface area contributed by atoms with Crippen LogP contribution in [-0.2, 0) is 34.0 Å². The van der Waals surface area contributed by atoms with E-state index in [1.165, 1.54) is 0 Å². The van der Waals surface area contributed by atoms with Gasteiger partial charge in [-0.3, -0.25) is 0 Å². The molecule has 0 N–H and O–H groups in total. The molecule has 11 heavy (non-hydrogen) atoms. The van der Waals surface area contributed by atoms with Crippen molar-refractivity contribution < 1.29 is 34.0 Å². The first-order chi connectivity index (χ1) is 4.85. The van der Waals surface area contributed by atoms with E-state index >= 15 is 0 Å². The van der Waals surface area contributed by atoms with Crippen molar-refractivity contribution in [3.05, 3.63) is 0 Å². The topological polar surface area (TPSA) is 27.7 Å². The van der Waals surface area contributed by atoms with Crippen LogP contribution in [0.5, 0.6) is 0 Å². The molecule has 0 saturated heterocycles. The van der Waals surface area contributed by atoms with E-state index in [2.05, 4.69) is 0 Å². The van der Waals surface area contributed by atoms with E-state index in [1.54, 1.807) is 0 Å². The summed E-state index contributed by atoms with van der Waals surface area (Å²) in [5, 5.41) is 0. The Labute approximate surface area is 83.4 Å². The molecule has 0 aromatic carbocycles. The summed E-state index contributed by atoms with van der Waals surface area (Å²) in [6, 6.07) is 0. The zero-order valence-electron chi connectivity index (χ0n) is 7.16. The van der Waals surface area contributed by atoms with Gasteiger partial charge in [0.15, 0.2) is 0 Å². The molecule has 5 heteroatoms. The van der Waals surface area contributed by atoms with Crippen molar-refractivity contribution in [3.63, 3.8) is 0 Å². The third kappa shape index (κ3) is 8.88. The van der Waals surface area contributed by atoms with Crippen LogP contribution in [0.3, 0.4) is 0 Å². The first-order valence-electron chi connectivity index (χ1n) is 3.60. The Kier molecular flexibility index (Phi) is 14.5. The molecule has 0 fully saturated rings. The van der Waals surface area contributed by atoms with Gasteiger partial charge in [-0.1, -0.05) is 0 Å². The molecular weight excluding hydrogens is 257 g/mol. The molecule has 72 valence electrons. The minimum absolute atomic E-state index is 0. The second kappa shape index (κ2) is 11.0. The first kappa shape index (κ1) is 14.5. The van der Waals surface area contributed by atoms with Crippen molar-refractivity contribution in [3.8, 4) is 0 Å². The summed E-state index contributed by atoms with van der Waals surface area (Å²) in [7, 11) is -1.40. The van der Waals surface area contributed by atoms with Gasteiger partial charge < -0.3 is 0 Å². The first-order valence-corrected chi connectivity index (χ1v) is 4.82. The molecule has 0 aromatic heterocycles. The summed E-state index contributed by atoms with van der Waals surface area (Å²) in [5.41, 5.74) is 0. The van der Waals surface area contributed by atoms with Gasteiger partial charge in [0.05, 0.1) is 19.8 Å². The molecular formula is C6H16O3PPd+. The fourth-order valence-corrected chi connectivity index (χ4v) is 1.44. The van der Waals surface area contributed by atoms with Crippen molar-refractivity contribution >= 4 is 8.60 Å². The zero-order chi connectivity index (χ0) is 7.82. The predicted molar refractivity (Wildman–Crippen MR) is 43.2 cm³/mol. The van der Waals surface area contributed by atoms with Crippen molar-refractivity contribution in [2.24, 2.45) is 0 Å². The summed E-state index contributed by atoms with van der Waals surface area (Å²) < 4.78 is 15.5. The van der Waals surface area contributed by atoms with Crippen LogP contribution in [0.2, 0.25) is 0 Å². The van der Waals surface area contributed by atoms with Crippen molar-refractivity contribution in [2.75, 3.05) is 19.8 Å². The molecule has 0 heterocycles. The molecule has 0 spiro atoms. The molecule has 0 unspecified atom stereocenters. The van der Waals surface area contributed by atoms with E-state index in [0.717, 1.165) is 0 Å². The summed E-state index contributed by atoms with van der Waals surface area (Å²) in [4.78, 5) is 0. The molecule has 0 radical (unpaired) electrons. The maximum absolute atomic E-state index is 5.18. The van der Waals surface area contributed by atoms with Crippen molar-refractivity contribution in [2.45, 2.75) is 20.8 Å². The van der Waals surface area contributed by atoms with Gasteiger partial charge in [0.1, 0.15) is 0 Å². The van der Waals surface area contributed by atoms with Crippen LogP contribution in [-0.4, -0.2) is 19.8 Å². The largest absolute Gasteiger partial charge is 0.397 e. The quantitative estimate of drug-likeness (QED) is 0.548. The molecule has 0 bridgehead atoms. The van der Waals surface area contributed by atoms with Gasteiger partial charge in [-0.25, -0.2) is 0 Å². The Morgan fingerprint density at radius 1 is 0.818 bits per heavy atom. The van der Waals surface area contributed by atoms with Crippen LogP contribution in [0.15, 0.2) is 0 Å². The summed E-state index contributed by atoms with van der Waals surface area (Å²) in [5.74, 6) is 0. The SMILES string of the molecule is CCO[PH+](OCC)OCC.[Pd]. The van der Waals surface area contributed by atoms with Gasteiger partial charge in [0, 0.05) is 20.4 Å². The fraction of sp³-hybridized carbons (Fsp3) is 1.00. The van der Waals surface area contributed by atoms with Crippen LogP contribution in [0, 0.1) is 0 Å². The molecule has 0 aliphatic rings. The normalized spacial score (nSPS) is 9.82. The monoisotopic (exact) mass is 273 g/mol. The number of hydrogen-bond acceptors (Lipinski definition) is 3. The van der Waals surface area contributed by atoms with Gasteiger partial charge in [-0.05, 0) is 20.8 Å². The molecule has 0 amide bonds. The van der Waals surface area contributed by atoms with Crippen LogP contribution in [0.4, 0.5) is 0 Å². The Bertz CT molecular complexity index is 60.6. The minimum Gasteiger partial charge on any atom is -0.180 e. The minimum atomic E-state index is -1.40. The maximum Gasteiger partial charge on any atom is 0.397 e. The van der Waals surface area contributed by atoms with Crippen LogP contribution in [0.25, 0.3) is 0 Å². The molecule has 0 aliphatic carbocycles. The van der Waals surface area contributed by atoms with Gasteiger partial charge in [0.25, 0.3) is 0 Å². The van der Waals surface area contributed by atoms with E-state index < -0.39 is 8.60 Å². The van der Waals surface area contributed by atoms with E-state index in [-0.39, 0.29) is 20.4 Å². The molecule has 0 rings (SSSR count). The van der Waals surface area contributed by atoms with E-state index in [1.807, 2.05) is 20.8 Å². The van der Waals surface area contributed by atoms with Crippen molar-refractivity contribution in [1.29, 1.82) is 0 Å².